The number of piperidine rings is 1. The van der Waals surface area contributed by atoms with E-state index in [1.54, 1.807) is 7.05 Å². The van der Waals surface area contributed by atoms with Gasteiger partial charge in [-0.1, -0.05) is 54.4 Å². The fraction of sp³-hybridized carbons (Fsp3) is 0.480. The second-order valence-electron chi connectivity index (χ2n) is 9.08. The van der Waals surface area contributed by atoms with Gasteiger partial charge in [-0.05, 0) is 61.1 Å². The number of amides is 1. The van der Waals surface area contributed by atoms with Gasteiger partial charge in [0.05, 0.1) is 11.3 Å². The third-order valence-corrected chi connectivity index (χ3v) is 9.66. The van der Waals surface area contributed by atoms with Gasteiger partial charge in [-0.3, -0.25) is 4.79 Å². The zero-order chi connectivity index (χ0) is 23.8. The van der Waals surface area contributed by atoms with Crippen molar-refractivity contribution in [3.05, 3.63) is 69.7 Å². The number of likely N-dealkylation sites (tertiary alicyclic amines) is 1. The standard InChI is InChI=1S/C25H30Cl2N2O3S/c1-3-21(16-28(2)33(31,32)22-11-12-22)29-24(30)14-13-23(18-5-4-6-20(27)15-18)25(29)17-7-9-19(26)10-8-17/h4-10,15,21-23,25H,3,11-14,16H2,1-2H3/t21-,23-,25-/m1/s1. The molecule has 1 saturated heterocycles. The molecule has 1 heterocycles. The number of carbonyl (C=O) groups excluding carboxylic acids is 1. The zero-order valence-corrected chi connectivity index (χ0v) is 21.3. The van der Waals surface area contributed by atoms with Crippen LogP contribution in [0.5, 0.6) is 0 Å². The van der Waals surface area contributed by atoms with Crippen molar-refractivity contribution in [3.8, 4) is 0 Å². The van der Waals surface area contributed by atoms with Crippen molar-refractivity contribution in [2.75, 3.05) is 13.6 Å². The number of nitrogens with zero attached hydrogens (tertiary/aromatic N) is 2. The van der Waals surface area contributed by atoms with Crippen LogP contribution in [0.15, 0.2) is 48.5 Å². The molecule has 2 aromatic rings. The maximum absolute atomic E-state index is 13.4. The zero-order valence-electron chi connectivity index (χ0n) is 19.0. The van der Waals surface area contributed by atoms with Crippen molar-refractivity contribution in [2.45, 2.75) is 62.3 Å². The van der Waals surface area contributed by atoms with Crippen molar-refractivity contribution in [3.63, 3.8) is 0 Å². The molecule has 8 heteroatoms. The Morgan fingerprint density at radius 2 is 1.73 bits per heavy atom. The second kappa shape index (κ2) is 9.95. The van der Waals surface area contributed by atoms with Crippen LogP contribution in [0.2, 0.25) is 10.0 Å². The van der Waals surface area contributed by atoms with Crippen LogP contribution in [0.4, 0.5) is 0 Å². The topological polar surface area (TPSA) is 57.7 Å². The lowest BCUT2D eigenvalue weighted by Crippen LogP contribution is -2.52. The van der Waals surface area contributed by atoms with E-state index in [9.17, 15) is 13.2 Å². The summed E-state index contributed by atoms with van der Waals surface area (Å²) < 4.78 is 27.1. The van der Waals surface area contributed by atoms with Gasteiger partial charge in [0.1, 0.15) is 0 Å². The summed E-state index contributed by atoms with van der Waals surface area (Å²) >= 11 is 12.5. The Balaban J connectivity index is 1.73. The highest BCUT2D eigenvalue weighted by molar-refractivity contribution is 7.90. The molecule has 5 nitrogen and oxygen atoms in total. The minimum Gasteiger partial charge on any atom is -0.331 e. The maximum atomic E-state index is 13.4. The molecule has 2 aliphatic rings. The number of rotatable bonds is 8. The van der Waals surface area contributed by atoms with Gasteiger partial charge in [-0.2, -0.15) is 0 Å². The number of hydrogen-bond acceptors (Lipinski definition) is 3. The summed E-state index contributed by atoms with van der Waals surface area (Å²) in [4.78, 5) is 15.3. The summed E-state index contributed by atoms with van der Waals surface area (Å²) in [6.45, 7) is 2.30. The molecule has 178 valence electrons. The Hall–Kier alpha value is -1.60. The van der Waals surface area contributed by atoms with E-state index >= 15 is 0 Å². The second-order valence-corrected chi connectivity index (χ2v) is 12.3. The molecule has 0 radical (unpaired) electrons. The molecule has 4 rings (SSSR count). The van der Waals surface area contributed by atoms with Gasteiger partial charge >= 0.3 is 0 Å². The predicted octanol–water partition coefficient (Wildman–Crippen LogP) is 5.64. The summed E-state index contributed by atoms with van der Waals surface area (Å²) in [6.07, 6.45) is 3.21. The smallest absolute Gasteiger partial charge is 0.223 e. The summed E-state index contributed by atoms with van der Waals surface area (Å²) in [5.41, 5.74) is 2.07. The predicted molar refractivity (Wildman–Crippen MR) is 133 cm³/mol. The van der Waals surface area contributed by atoms with E-state index in [0.717, 1.165) is 24.0 Å². The first-order valence-corrected chi connectivity index (χ1v) is 13.8. The molecule has 1 amide bonds. The van der Waals surface area contributed by atoms with E-state index < -0.39 is 10.0 Å². The molecule has 33 heavy (non-hydrogen) atoms. The Bertz CT molecular complexity index is 1100. The molecule has 0 unspecified atom stereocenters. The molecule has 0 bridgehead atoms. The Kier molecular flexibility index (Phi) is 7.39. The average Bonchev–Trinajstić information content (AvgIpc) is 3.64. The fourth-order valence-electron chi connectivity index (χ4n) is 4.92. The molecule has 2 fully saturated rings. The lowest BCUT2D eigenvalue weighted by atomic mass is 9.79. The van der Waals surface area contributed by atoms with Crippen molar-refractivity contribution >= 4 is 39.1 Å². The third-order valence-electron chi connectivity index (χ3n) is 6.84. The van der Waals surface area contributed by atoms with Crippen LogP contribution >= 0.6 is 23.2 Å². The van der Waals surface area contributed by atoms with Crippen LogP contribution in [0.1, 0.15) is 62.1 Å². The number of carbonyl (C=O) groups is 1. The Morgan fingerprint density at radius 1 is 1.03 bits per heavy atom. The van der Waals surface area contributed by atoms with Gasteiger partial charge in [0.15, 0.2) is 0 Å². The van der Waals surface area contributed by atoms with Crippen LogP contribution in [0.3, 0.4) is 0 Å². The molecule has 0 N–H and O–H groups in total. The monoisotopic (exact) mass is 508 g/mol. The van der Waals surface area contributed by atoms with Gasteiger partial charge < -0.3 is 4.90 Å². The minimum absolute atomic E-state index is 0.0435. The molecule has 1 saturated carbocycles. The van der Waals surface area contributed by atoms with Gasteiger partial charge in [0.25, 0.3) is 0 Å². The van der Waals surface area contributed by atoms with E-state index in [-0.39, 0.29) is 35.7 Å². The van der Waals surface area contributed by atoms with Crippen LogP contribution in [0.25, 0.3) is 0 Å². The molecule has 1 aliphatic heterocycles. The summed E-state index contributed by atoms with van der Waals surface area (Å²) in [5, 5.41) is 1.02. The van der Waals surface area contributed by atoms with Crippen LogP contribution in [-0.4, -0.2) is 48.4 Å². The lowest BCUT2D eigenvalue weighted by molar-refractivity contribution is -0.141. The Labute approximate surface area is 206 Å². The molecule has 3 atom stereocenters. The van der Waals surface area contributed by atoms with Crippen molar-refractivity contribution in [1.29, 1.82) is 0 Å². The highest BCUT2D eigenvalue weighted by atomic mass is 35.5. The van der Waals surface area contributed by atoms with Gasteiger partial charge in [-0.15, -0.1) is 0 Å². The van der Waals surface area contributed by atoms with E-state index in [1.165, 1.54) is 4.31 Å². The maximum Gasteiger partial charge on any atom is 0.223 e. The quantitative estimate of drug-likeness (QED) is 0.463. The van der Waals surface area contributed by atoms with Crippen LogP contribution in [0, 0.1) is 0 Å². The number of sulfonamides is 1. The highest BCUT2D eigenvalue weighted by Gasteiger charge is 2.43. The summed E-state index contributed by atoms with van der Waals surface area (Å²) in [6, 6.07) is 14.9. The van der Waals surface area contributed by atoms with Crippen molar-refractivity contribution in [1.82, 2.24) is 9.21 Å². The normalized spacial score (nSPS) is 22.6. The average molecular weight is 509 g/mol. The molecule has 2 aromatic carbocycles. The van der Waals surface area contributed by atoms with E-state index in [2.05, 4.69) is 6.07 Å². The molecule has 0 aromatic heterocycles. The molecule has 0 spiro atoms. The molecular weight excluding hydrogens is 479 g/mol. The number of likely N-dealkylation sites (N-methyl/N-ethyl adjacent to an activating group) is 1. The lowest BCUT2D eigenvalue weighted by Gasteiger charge is -2.46. The number of benzene rings is 2. The largest absolute Gasteiger partial charge is 0.331 e. The van der Waals surface area contributed by atoms with Crippen molar-refractivity contribution < 1.29 is 13.2 Å². The third kappa shape index (κ3) is 5.24. The first kappa shape index (κ1) is 24.5. The Morgan fingerprint density at radius 3 is 2.33 bits per heavy atom. The van der Waals surface area contributed by atoms with Crippen molar-refractivity contribution in [2.24, 2.45) is 0 Å². The van der Waals surface area contributed by atoms with Gasteiger partial charge in [-0.25, -0.2) is 12.7 Å². The SMILES string of the molecule is CC[C@H](CN(C)S(=O)(=O)C1CC1)N1C(=O)CC[C@H](c2cccc(Cl)c2)[C@H]1c1ccc(Cl)cc1. The number of halogens is 2. The summed E-state index contributed by atoms with van der Waals surface area (Å²) in [5.74, 6) is 0.0965. The van der Waals surface area contributed by atoms with Gasteiger partial charge in [0, 0.05) is 42.0 Å². The van der Waals surface area contributed by atoms with Gasteiger partial charge in [0.2, 0.25) is 15.9 Å². The molecule has 1 aliphatic carbocycles. The minimum atomic E-state index is -3.33. The van der Waals surface area contributed by atoms with E-state index in [4.69, 9.17) is 23.2 Å². The van der Waals surface area contributed by atoms with Crippen LogP contribution in [-0.2, 0) is 14.8 Å². The first-order valence-electron chi connectivity index (χ1n) is 11.5. The first-order chi connectivity index (χ1) is 15.7. The highest BCUT2D eigenvalue weighted by Crippen LogP contribution is 2.45. The molecular formula is C25H30Cl2N2O3S. The fourth-order valence-corrected chi connectivity index (χ4v) is 6.86. The summed E-state index contributed by atoms with van der Waals surface area (Å²) in [7, 11) is -1.69. The van der Waals surface area contributed by atoms with E-state index in [0.29, 0.717) is 29.3 Å². The number of hydrogen-bond donors (Lipinski definition) is 0. The van der Waals surface area contributed by atoms with Crippen LogP contribution < -0.4 is 0 Å². The van der Waals surface area contributed by atoms with E-state index in [1.807, 2.05) is 54.3 Å².